The van der Waals surface area contributed by atoms with E-state index in [9.17, 15) is 4.79 Å². The van der Waals surface area contributed by atoms with E-state index < -0.39 is 5.97 Å². The Labute approximate surface area is 95.4 Å². The summed E-state index contributed by atoms with van der Waals surface area (Å²) in [5, 5.41) is 2.95. The number of ether oxygens (including phenoxy) is 1. The Bertz CT molecular complexity index is 358. The molecule has 0 aliphatic carbocycles. The average molecular weight is 275 g/mol. The molecule has 0 spiro atoms. The lowest BCUT2D eigenvalue weighted by Crippen LogP contribution is -2.15. The van der Waals surface area contributed by atoms with Crippen LogP contribution in [-0.2, 0) is 4.74 Å². The molecule has 0 radical (unpaired) electrons. The van der Waals surface area contributed by atoms with Crippen molar-refractivity contribution < 1.29 is 9.53 Å². The molecule has 0 atom stereocenters. The quantitative estimate of drug-likeness (QED) is 0.773. The molecule has 82 valence electrons. The highest BCUT2D eigenvalue weighted by molar-refractivity contribution is 9.10. The number of nitrogens with two attached hydrogens (primary N) is 1. The summed E-state index contributed by atoms with van der Waals surface area (Å²) in [5.74, 6) is 0.0101. The number of rotatable bonds is 4. The lowest BCUT2D eigenvalue weighted by atomic mass is 10.4. The van der Waals surface area contributed by atoms with E-state index in [1.54, 1.807) is 0 Å². The third-order valence-electron chi connectivity index (χ3n) is 1.61. The molecule has 0 unspecified atom stereocenters. The van der Waals surface area contributed by atoms with E-state index in [1.807, 2.05) is 0 Å². The number of nitrogens with zero attached hydrogens (tertiary/aromatic N) is 2. The van der Waals surface area contributed by atoms with Gasteiger partial charge in [0.2, 0.25) is 0 Å². The van der Waals surface area contributed by atoms with Crippen LogP contribution >= 0.6 is 15.9 Å². The molecule has 7 heteroatoms. The Balaban J connectivity index is 2.95. The van der Waals surface area contributed by atoms with Crippen molar-refractivity contribution in [1.82, 2.24) is 9.97 Å². The van der Waals surface area contributed by atoms with Gasteiger partial charge >= 0.3 is 5.97 Å². The van der Waals surface area contributed by atoms with Gasteiger partial charge in [0.25, 0.3) is 0 Å². The van der Waals surface area contributed by atoms with Crippen molar-refractivity contribution in [2.45, 2.75) is 0 Å². The monoisotopic (exact) mass is 274 g/mol. The average Bonchev–Trinajstić information content (AvgIpc) is 2.27. The highest BCUT2D eigenvalue weighted by Gasteiger charge is 2.15. The Morgan fingerprint density at radius 1 is 1.67 bits per heavy atom. The van der Waals surface area contributed by atoms with Crippen molar-refractivity contribution in [3.8, 4) is 0 Å². The highest BCUT2D eigenvalue weighted by Crippen LogP contribution is 2.22. The minimum Gasteiger partial charge on any atom is -0.464 e. The van der Waals surface area contributed by atoms with E-state index in [1.165, 1.54) is 13.4 Å². The van der Waals surface area contributed by atoms with Crippen molar-refractivity contribution in [2.75, 3.05) is 25.5 Å². The minimum absolute atomic E-state index is 0.187. The first-order valence-electron chi connectivity index (χ1n) is 4.23. The number of carbonyl (C=O) groups excluding carboxylic acids is 1. The first-order valence-corrected chi connectivity index (χ1v) is 5.02. The molecule has 1 rings (SSSR count). The number of esters is 1. The fourth-order valence-electron chi connectivity index (χ4n) is 0.923. The van der Waals surface area contributed by atoms with Gasteiger partial charge in [0, 0.05) is 13.1 Å². The van der Waals surface area contributed by atoms with Gasteiger partial charge in [-0.3, -0.25) is 0 Å². The summed E-state index contributed by atoms with van der Waals surface area (Å²) in [5.41, 5.74) is 5.52. The number of hydrogen-bond acceptors (Lipinski definition) is 6. The van der Waals surface area contributed by atoms with Gasteiger partial charge in [-0.25, -0.2) is 14.8 Å². The zero-order chi connectivity index (χ0) is 11.3. The molecule has 1 heterocycles. The molecule has 0 amide bonds. The number of aromatic nitrogens is 2. The minimum atomic E-state index is -0.514. The first-order chi connectivity index (χ1) is 7.20. The van der Waals surface area contributed by atoms with Gasteiger partial charge in [-0.15, -0.1) is 0 Å². The van der Waals surface area contributed by atoms with Crippen LogP contribution in [-0.4, -0.2) is 36.1 Å². The molecular formula is C8H11BrN4O2. The van der Waals surface area contributed by atoms with Crippen molar-refractivity contribution >= 4 is 27.7 Å². The third kappa shape index (κ3) is 2.87. The van der Waals surface area contributed by atoms with Crippen LogP contribution in [0.25, 0.3) is 0 Å². The lowest BCUT2D eigenvalue weighted by molar-refractivity contribution is 0.0592. The topological polar surface area (TPSA) is 90.1 Å². The summed E-state index contributed by atoms with van der Waals surface area (Å²) in [7, 11) is 1.30. The molecule has 3 N–H and O–H groups in total. The van der Waals surface area contributed by atoms with Crippen LogP contribution in [0.5, 0.6) is 0 Å². The van der Waals surface area contributed by atoms with Gasteiger partial charge in [0.1, 0.15) is 12.1 Å². The van der Waals surface area contributed by atoms with Crippen LogP contribution in [0.4, 0.5) is 5.82 Å². The second kappa shape index (κ2) is 5.62. The highest BCUT2D eigenvalue weighted by atomic mass is 79.9. The summed E-state index contributed by atoms with van der Waals surface area (Å²) >= 11 is 3.22. The lowest BCUT2D eigenvalue weighted by Gasteiger charge is -2.07. The van der Waals surface area contributed by atoms with Crippen LogP contribution in [0.15, 0.2) is 10.8 Å². The second-order valence-corrected chi connectivity index (χ2v) is 3.38. The van der Waals surface area contributed by atoms with E-state index in [0.29, 0.717) is 23.4 Å². The van der Waals surface area contributed by atoms with Gasteiger partial charge in [0.15, 0.2) is 5.69 Å². The van der Waals surface area contributed by atoms with E-state index in [0.717, 1.165) is 0 Å². The summed E-state index contributed by atoms with van der Waals surface area (Å²) in [6.45, 7) is 1.04. The van der Waals surface area contributed by atoms with Crippen LogP contribution in [0, 0.1) is 0 Å². The number of halogens is 1. The number of carbonyl (C=O) groups is 1. The van der Waals surface area contributed by atoms with E-state index >= 15 is 0 Å². The maximum Gasteiger partial charge on any atom is 0.358 e. The second-order valence-electron chi connectivity index (χ2n) is 2.59. The fraction of sp³-hybridized carbons (Fsp3) is 0.375. The Hall–Kier alpha value is -1.21. The largest absolute Gasteiger partial charge is 0.464 e. The molecule has 0 aliphatic rings. The van der Waals surface area contributed by atoms with Crippen LogP contribution in [0.2, 0.25) is 0 Å². The molecule has 0 bridgehead atoms. The van der Waals surface area contributed by atoms with Gasteiger partial charge in [-0.05, 0) is 15.9 Å². The molecule has 1 aromatic rings. The van der Waals surface area contributed by atoms with Crippen molar-refractivity contribution in [3.05, 3.63) is 16.5 Å². The maximum absolute atomic E-state index is 11.3. The number of methoxy groups -OCH3 is 1. The Morgan fingerprint density at radius 3 is 3.00 bits per heavy atom. The Morgan fingerprint density at radius 2 is 2.40 bits per heavy atom. The molecule has 15 heavy (non-hydrogen) atoms. The van der Waals surface area contributed by atoms with Gasteiger partial charge in [0.05, 0.1) is 11.6 Å². The molecular weight excluding hydrogens is 264 g/mol. The summed E-state index contributed by atoms with van der Waals surface area (Å²) in [6.07, 6.45) is 1.29. The molecule has 1 aromatic heterocycles. The van der Waals surface area contributed by atoms with E-state index in [-0.39, 0.29) is 5.69 Å². The molecule has 0 aromatic carbocycles. The van der Waals surface area contributed by atoms with Gasteiger partial charge < -0.3 is 15.8 Å². The molecule has 0 aliphatic heterocycles. The number of anilines is 1. The molecule has 6 nitrogen and oxygen atoms in total. The number of nitrogens with one attached hydrogen (secondary N) is 1. The van der Waals surface area contributed by atoms with Crippen LogP contribution in [0.1, 0.15) is 10.5 Å². The predicted octanol–water partition coefficient (Wildman–Crippen LogP) is 0.396. The molecule has 0 fully saturated rings. The number of hydrogen-bond donors (Lipinski definition) is 2. The summed E-state index contributed by atoms with van der Waals surface area (Å²) < 4.78 is 5.04. The fourth-order valence-corrected chi connectivity index (χ4v) is 1.43. The normalized spacial score (nSPS) is 9.80. The van der Waals surface area contributed by atoms with E-state index in [2.05, 4.69) is 36.0 Å². The zero-order valence-corrected chi connectivity index (χ0v) is 9.74. The van der Waals surface area contributed by atoms with Crippen molar-refractivity contribution in [3.63, 3.8) is 0 Å². The van der Waals surface area contributed by atoms with Gasteiger partial charge in [-0.1, -0.05) is 0 Å². The van der Waals surface area contributed by atoms with Crippen LogP contribution in [0.3, 0.4) is 0 Å². The zero-order valence-electron chi connectivity index (χ0n) is 8.16. The maximum atomic E-state index is 11.3. The standard InChI is InChI=1S/C8H11BrN4O2/c1-15-8(14)6-5(9)7(11-3-2-10)13-4-12-6/h4H,2-3,10H2,1H3,(H,11,12,13). The van der Waals surface area contributed by atoms with Crippen molar-refractivity contribution in [2.24, 2.45) is 5.73 Å². The Kier molecular flexibility index (Phi) is 4.44. The first kappa shape index (κ1) is 11.9. The predicted molar refractivity (Wildman–Crippen MR) is 58.6 cm³/mol. The van der Waals surface area contributed by atoms with Gasteiger partial charge in [-0.2, -0.15) is 0 Å². The van der Waals surface area contributed by atoms with Crippen molar-refractivity contribution in [1.29, 1.82) is 0 Å². The summed E-state index contributed by atoms with van der Waals surface area (Å²) in [4.78, 5) is 19.0. The van der Waals surface area contributed by atoms with Crippen LogP contribution < -0.4 is 11.1 Å². The van der Waals surface area contributed by atoms with E-state index in [4.69, 9.17) is 5.73 Å². The third-order valence-corrected chi connectivity index (χ3v) is 2.36. The smallest absolute Gasteiger partial charge is 0.358 e. The SMILES string of the molecule is COC(=O)c1ncnc(NCCN)c1Br. The molecule has 0 saturated heterocycles. The summed E-state index contributed by atoms with van der Waals surface area (Å²) in [6, 6.07) is 0. The molecule has 0 saturated carbocycles.